The number of benzene rings is 3. The molecule has 1 N–H and O–H groups in total. The fraction of sp³-hybridized carbons (Fsp3) is 0.314. The van der Waals surface area contributed by atoms with Crippen LogP contribution in [0.15, 0.2) is 66.2 Å². The highest BCUT2D eigenvalue weighted by atomic mass is 35.5. The second kappa shape index (κ2) is 10.3. The molecule has 2 aliphatic heterocycles. The number of rotatable bonds is 3. The van der Waals surface area contributed by atoms with Gasteiger partial charge in [0.1, 0.15) is 5.75 Å². The number of hydrogen-bond donors (Lipinski definition) is 1. The van der Waals surface area contributed by atoms with E-state index in [1.54, 1.807) is 55.5 Å². The molecule has 0 radical (unpaired) electrons. The maximum absolute atomic E-state index is 14.2. The third-order valence-corrected chi connectivity index (χ3v) is 10.9. The largest absolute Gasteiger partial charge is 0.508 e. The summed E-state index contributed by atoms with van der Waals surface area (Å²) in [6.07, 6.45) is 2.63. The number of hydrogen-bond acceptors (Lipinski definition) is 5. The number of fused-ring (bicyclic) bond motifs is 4. The Morgan fingerprint density at radius 2 is 1.23 bits per heavy atom. The van der Waals surface area contributed by atoms with Gasteiger partial charge in [-0.3, -0.25) is 19.2 Å². The summed E-state index contributed by atoms with van der Waals surface area (Å²) in [4.78, 5) is 58.8. The van der Waals surface area contributed by atoms with E-state index in [4.69, 9.17) is 23.2 Å². The van der Waals surface area contributed by atoms with Gasteiger partial charge in [-0.15, -0.1) is 0 Å². The van der Waals surface area contributed by atoms with Crippen LogP contribution >= 0.6 is 23.2 Å². The second-order valence-electron chi connectivity index (χ2n) is 12.5. The monoisotopic (exact) mass is 628 g/mol. The fourth-order valence-electron chi connectivity index (χ4n) is 7.79. The Bertz CT molecular complexity index is 1830. The van der Waals surface area contributed by atoms with E-state index in [9.17, 15) is 24.3 Å². The lowest BCUT2D eigenvalue weighted by atomic mass is 9.57. The van der Waals surface area contributed by atoms with Gasteiger partial charge in [0.2, 0.25) is 23.6 Å². The topological polar surface area (TPSA) is 95.0 Å². The number of halogens is 2. The number of carbonyl (C=O) groups excluding carboxylic acids is 4. The van der Waals surface area contributed by atoms with Gasteiger partial charge in [-0.05, 0) is 92.1 Å². The highest BCUT2D eigenvalue weighted by Gasteiger charge is 2.62. The maximum Gasteiger partial charge on any atom is 0.238 e. The van der Waals surface area contributed by atoms with E-state index in [1.165, 1.54) is 9.80 Å². The van der Waals surface area contributed by atoms with Crippen molar-refractivity contribution in [1.82, 2.24) is 0 Å². The minimum Gasteiger partial charge on any atom is -0.508 e. The number of aromatic hydroxyl groups is 1. The van der Waals surface area contributed by atoms with Gasteiger partial charge < -0.3 is 5.11 Å². The van der Waals surface area contributed by atoms with Crippen molar-refractivity contribution < 1.29 is 24.3 Å². The van der Waals surface area contributed by atoms with Crippen molar-refractivity contribution in [3.63, 3.8) is 0 Å². The molecule has 3 fully saturated rings. The molecule has 44 heavy (non-hydrogen) atoms. The Labute approximate surface area is 265 Å². The quantitative estimate of drug-likeness (QED) is 0.258. The first-order valence-corrected chi connectivity index (χ1v) is 15.5. The highest BCUT2D eigenvalue weighted by Crippen LogP contribution is 2.58. The SMILES string of the molecule is Cc1cc([C@H]2C3=CC[C@@H]4C(=O)N(c5ccc(C)c(Cl)c5)C(=O)[C@@H]4[C@@H]3C[C@H]3C(=O)N(c4ccc(C)c(Cl)c4)C(=O)[C@@H]23)ccc1O. The number of phenolic OH excluding ortho intramolecular Hbond substituents is 1. The third kappa shape index (κ3) is 4.16. The maximum atomic E-state index is 14.2. The molecule has 9 heteroatoms. The average molecular weight is 630 g/mol. The van der Waals surface area contributed by atoms with E-state index < -0.39 is 35.5 Å². The van der Waals surface area contributed by atoms with Crippen LogP contribution in [0.5, 0.6) is 5.75 Å². The summed E-state index contributed by atoms with van der Waals surface area (Å²) < 4.78 is 0. The lowest BCUT2D eigenvalue weighted by molar-refractivity contribution is -0.126. The molecule has 0 unspecified atom stereocenters. The van der Waals surface area contributed by atoms with E-state index >= 15 is 0 Å². The minimum absolute atomic E-state index is 0.129. The van der Waals surface area contributed by atoms with Crippen LogP contribution in [0.2, 0.25) is 10.0 Å². The van der Waals surface area contributed by atoms with Crippen LogP contribution in [0, 0.1) is 50.4 Å². The molecule has 2 aliphatic carbocycles. The molecule has 6 atom stereocenters. The molecule has 2 saturated heterocycles. The summed E-state index contributed by atoms with van der Waals surface area (Å²) in [7, 11) is 0. The molecule has 4 aliphatic rings. The molecule has 224 valence electrons. The summed E-state index contributed by atoms with van der Waals surface area (Å²) in [5, 5.41) is 11.2. The van der Waals surface area contributed by atoms with Crippen molar-refractivity contribution in [3.8, 4) is 5.75 Å². The number of anilines is 2. The van der Waals surface area contributed by atoms with Crippen LogP contribution in [-0.4, -0.2) is 28.7 Å². The zero-order chi connectivity index (χ0) is 31.2. The smallest absolute Gasteiger partial charge is 0.238 e. The second-order valence-corrected chi connectivity index (χ2v) is 13.3. The molecule has 2 heterocycles. The summed E-state index contributed by atoms with van der Waals surface area (Å²) in [5.41, 5.74) is 4.83. The summed E-state index contributed by atoms with van der Waals surface area (Å²) in [5.74, 6) is -4.69. The molecule has 0 bridgehead atoms. The van der Waals surface area contributed by atoms with Crippen molar-refractivity contribution in [1.29, 1.82) is 0 Å². The number of amides is 4. The van der Waals surface area contributed by atoms with Crippen LogP contribution < -0.4 is 9.80 Å². The molecule has 4 amide bonds. The molecule has 1 saturated carbocycles. The first-order valence-electron chi connectivity index (χ1n) is 14.7. The molecular weight excluding hydrogens is 599 g/mol. The van der Waals surface area contributed by atoms with E-state index in [-0.39, 0.29) is 35.8 Å². The zero-order valence-electron chi connectivity index (χ0n) is 24.4. The van der Waals surface area contributed by atoms with Gasteiger partial charge >= 0.3 is 0 Å². The lowest BCUT2D eigenvalue weighted by Gasteiger charge is -2.44. The predicted molar refractivity (Wildman–Crippen MR) is 168 cm³/mol. The standard InChI is InChI=1S/C35H30Cl2N2O5/c1-16-4-7-20(13-26(16)36)38-32(41)23-10-9-22-24(30(23)34(38)43)15-25-31(29(22)19-6-11-28(40)18(3)12-19)35(44)39(33(25)42)21-8-5-17(2)27(37)14-21/h4-9,11-14,23-25,29-31,40H,10,15H2,1-3H3/t23-,24+,25+,29-,30-,31+/m0/s1. The molecule has 3 aromatic carbocycles. The summed E-state index contributed by atoms with van der Waals surface area (Å²) >= 11 is 12.8. The van der Waals surface area contributed by atoms with Crippen LogP contribution in [-0.2, 0) is 19.2 Å². The number of carbonyl (C=O) groups is 4. The Morgan fingerprint density at radius 1 is 0.659 bits per heavy atom. The normalized spacial score (nSPS) is 27.8. The van der Waals surface area contributed by atoms with Gasteiger partial charge in [0.15, 0.2) is 0 Å². The number of imide groups is 2. The Morgan fingerprint density at radius 3 is 1.80 bits per heavy atom. The van der Waals surface area contributed by atoms with E-state index in [2.05, 4.69) is 0 Å². The fourth-order valence-corrected chi connectivity index (χ4v) is 8.14. The first kappa shape index (κ1) is 28.8. The predicted octanol–water partition coefficient (Wildman–Crippen LogP) is 6.67. The Balaban J connectivity index is 1.34. The highest BCUT2D eigenvalue weighted by molar-refractivity contribution is 6.33. The van der Waals surface area contributed by atoms with Crippen molar-refractivity contribution in [3.05, 3.63) is 98.5 Å². The molecule has 3 aromatic rings. The van der Waals surface area contributed by atoms with Crippen LogP contribution in [0.4, 0.5) is 11.4 Å². The van der Waals surface area contributed by atoms with Gasteiger partial charge in [-0.1, -0.05) is 59.1 Å². The minimum atomic E-state index is -0.704. The number of phenols is 1. The van der Waals surface area contributed by atoms with E-state index in [1.807, 2.05) is 26.0 Å². The van der Waals surface area contributed by atoms with Crippen molar-refractivity contribution in [2.45, 2.75) is 39.5 Å². The molecule has 0 aromatic heterocycles. The zero-order valence-corrected chi connectivity index (χ0v) is 25.9. The molecule has 7 rings (SSSR count). The lowest BCUT2D eigenvalue weighted by Crippen LogP contribution is -2.43. The van der Waals surface area contributed by atoms with Gasteiger partial charge in [0.25, 0.3) is 0 Å². The van der Waals surface area contributed by atoms with Gasteiger partial charge in [0, 0.05) is 16.0 Å². The number of nitrogens with zero attached hydrogens (tertiary/aromatic N) is 2. The first-order chi connectivity index (χ1) is 21.0. The number of allylic oxidation sites excluding steroid dienone is 2. The molecule has 0 spiro atoms. The number of aryl methyl sites for hydroxylation is 3. The summed E-state index contributed by atoms with van der Waals surface area (Å²) in [6, 6.07) is 15.5. The van der Waals surface area contributed by atoms with Gasteiger partial charge in [0.05, 0.1) is 35.0 Å². The van der Waals surface area contributed by atoms with E-state index in [0.717, 1.165) is 22.3 Å². The Hall–Kier alpha value is -3.94. The molecule has 7 nitrogen and oxygen atoms in total. The van der Waals surface area contributed by atoms with Gasteiger partial charge in [-0.25, -0.2) is 9.80 Å². The van der Waals surface area contributed by atoms with Gasteiger partial charge in [-0.2, -0.15) is 0 Å². The van der Waals surface area contributed by atoms with E-state index in [0.29, 0.717) is 33.4 Å². The van der Waals surface area contributed by atoms with Crippen LogP contribution in [0.3, 0.4) is 0 Å². The van der Waals surface area contributed by atoms with Crippen molar-refractivity contribution in [2.75, 3.05) is 9.80 Å². The third-order valence-electron chi connectivity index (χ3n) is 10.1. The van der Waals surface area contributed by atoms with Crippen molar-refractivity contribution in [2.24, 2.45) is 29.6 Å². The Kier molecular flexibility index (Phi) is 6.75. The van der Waals surface area contributed by atoms with Crippen LogP contribution in [0.25, 0.3) is 0 Å². The average Bonchev–Trinajstić information content (AvgIpc) is 3.40. The van der Waals surface area contributed by atoms with Crippen LogP contribution in [0.1, 0.15) is 41.0 Å². The molecular formula is C35H30Cl2N2O5. The summed E-state index contributed by atoms with van der Waals surface area (Å²) in [6.45, 7) is 5.49. The van der Waals surface area contributed by atoms with Crippen molar-refractivity contribution >= 4 is 58.2 Å².